The Bertz CT molecular complexity index is 876. The van der Waals surface area contributed by atoms with E-state index in [1.54, 1.807) is 6.08 Å². The first-order chi connectivity index (χ1) is 15.2. The number of rotatable bonds is 8. The molecular formula is C27H36O5. The molecule has 1 heterocycles. The number of allylic oxidation sites excluding steroid dienone is 7. The molecule has 1 aliphatic heterocycles. The average molecular weight is 441 g/mol. The minimum atomic E-state index is -0.958. The largest absolute Gasteiger partial charge is 0.478 e. The summed E-state index contributed by atoms with van der Waals surface area (Å²) in [6.07, 6.45) is 17.8. The van der Waals surface area contributed by atoms with Crippen LogP contribution in [0.4, 0.5) is 0 Å². The molecule has 0 amide bonds. The molecule has 2 aliphatic carbocycles. The second-order valence-electron chi connectivity index (χ2n) is 9.53. The third-order valence-corrected chi connectivity index (χ3v) is 7.51. The Morgan fingerprint density at radius 2 is 2.03 bits per heavy atom. The second kappa shape index (κ2) is 10.0. The van der Waals surface area contributed by atoms with Crippen LogP contribution in [0, 0.1) is 29.6 Å². The molecule has 3 rings (SSSR count). The molecule has 5 nitrogen and oxygen atoms in total. The van der Waals surface area contributed by atoms with Crippen molar-refractivity contribution < 1.29 is 24.2 Å². The fourth-order valence-corrected chi connectivity index (χ4v) is 5.79. The third-order valence-electron chi connectivity index (χ3n) is 7.51. The summed E-state index contributed by atoms with van der Waals surface area (Å²) in [5.74, 6) is 0.539. The van der Waals surface area contributed by atoms with Crippen LogP contribution in [-0.2, 0) is 19.1 Å². The summed E-state index contributed by atoms with van der Waals surface area (Å²) in [4.78, 5) is 22.7. The summed E-state index contributed by atoms with van der Waals surface area (Å²) in [5, 5.41) is 8.73. The molecule has 0 spiro atoms. The first-order valence-electron chi connectivity index (χ1n) is 11.6. The fourth-order valence-electron chi connectivity index (χ4n) is 5.79. The number of aliphatic carboxylic acids is 1. The van der Waals surface area contributed by atoms with Crippen LogP contribution < -0.4 is 0 Å². The molecule has 5 heteroatoms. The van der Waals surface area contributed by atoms with Gasteiger partial charge in [0.2, 0.25) is 0 Å². The van der Waals surface area contributed by atoms with Gasteiger partial charge in [-0.1, -0.05) is 68.4 Å². The van der Waals surface area contributed by atoms with E-state index in [2.05, 4.69) is 39.8 Å². The molecular weight excluding hydrogens is 404 g/mol. The Hall–Kier alpha value is -2.40. The number of fused-ring (bicyclic) bond motifs is 1. The predicted molar refractivity (Wildman–Crippen MR) is 125 cm³/mol. The molecule has 0 aromatic heterocycles. The van der Waals surface area contributed by atoms with Gasteiger partial charge in [0.15, 0.2) is 0 Å². The van der Waals surface area contributed by atoms with Crippen LogP contribution >= 0.6 is 0 Å². The van der Waals surface area contributed by atoms with Crippen molar-refractivity contribution in [2.24, 2.45) is 29.6 Å². The van der Waals surface area contributed by atoms with Crippen molar-refractivity contribution in [1.29, 1.82) is 0 Å². The quantitative estimate of drug-likeness (QED) is 0.183. The van der Waals surface area contributed by atoms with Crippen LogP contribution in [0.2, 0.25) is 0 Å². The summed E-state index contributed by atoms with van der Waals surface area (Å²) in [6, 6.07) is 0. The van der Waals surface area contributed by atoms with Crippen LogP contribution in [0.25, 0.3) is 0 Å². The van der Waals surface area contributed by atoms with Crippen molar-refractivity contribution in [3.05, 3.63) is 59.8 Å². The zero-order valence-corrected chi connectivity index (χ0v) is 19.8. The van der Waals surface area contributed by atoms with Gasteiger partial charge in [0, 0.05) is 17.6 Å². The molecule has 174 valence electrons. The van der Waals surface area contributed by atoms with Crippen molar-refractivity contribution in [3.8, 4) is 0 Å². The number of carboxylic acids is 1. The van der Waals surface area contributed by atoms with Crippen LogP contribution in [0.15, 0.2) is 59.8 Å². The number of methoxy groups -OCH3 is 1. The summed E-state index contributed by atoms with van der Waals surface area (Å²) < 4.78 is 11.3. The highest BCUT2D eigenvalue weighted by molar-refractivity contribution is 5.88. The number of hydrogen-bond donors (Lipinski definition) is 1. The highest BCUT2D eigenvalue weighted by Crippen LogP contribution is 2.58. The lowest BCUT2D eigenvalue weighted by Crippen LogP contribution is -2.42. The van der Waals surface area contributed by atoms with Gasteiger partial charge in [0.25, 0.3) is 0 Å². The van der Waals surface area contributed by atoms with Gasteiger partial charge >= 0.3 is 11.9 Å². The first-order valence-corrected chi connectivity index (χ1v) is 11.6. The summed E-state index contributed by atoms with van der Waals surface area (Å²) in [6.45, 7) is 8.91. The van der Waals surface area contributed by atoms with E-state index in [0.717, 1.165) is 24.5 Å². The number of epoxide rings is 1. The topological polar surface area (TPSA) is 76.1 Å². The molecule has 3 aliphatic rings. The molecule has 0 aromatic carbocycles. The Morgan fingerprint density at radius 1 is 1.31 bits per heavy atom. The van der Waals surface area contributed by atoms with Gasteiger partial charge in [-0.2, -0.15) is 0 Å². The average Bonchev–Trinajstić information content (AvgIpc) is 3.45. The van der Waals surface area contributed by atoms with Crippen molar-refractivity contribution in [1.82, 2.24) is 0 Å². The molecule has 1 fully saturated rings. The molecule has 0 aromatic rings. The lowest BCUT2D eigenvalue weighted by molar-refractivity contribution is -0.136. The number of carbonyl (C=O) groups excluding carboxylic acids is 1. The highest BCUT2D eigenvalue weighted by Gasteiger charge is 2.62. The normalized spacial score (nSPS) is 35.5. The minimum absolute atomic E-state index is 0.185. The molecule has 0 saturated carbocycles. The van der Waals surface area contributed by atoms with Gasteiger partial charge < -0.3 is 14.6 Å². The van der Waals surface area contributed by atoms with Crippen molar-refractivity contribution in [3.63, 3.8) is 0 Å². The maximum absolute atomic E-state index is 12.1. The van der Waals surface area contributed by atoms with E-state index in [1.165, 1.54) is 18.8 Å². The first kappa shape index (κ1) is 24.2. The summed E-state index contributed by atoms with van der Waals surface area (Å²) in [5.41, 5.74) is 1.91. The standard InChI is InChI=1S/C27H36O5/c1-6-17(2)25-27(4,32-25)24-18(3)15-20-16-19(26(30)31-5)13-14-21(20)22(24)11-9-7-8-10-12-23(28)29/h7-13,15,17,20-22,24-25H,6,14,16H2,1-5H3,(H,28,29)/b8-7+,11-9+,12-10+/t17-,20-,21-,22+,24-,25-,27-/m1/s1. The SMILES string of the molecule is CC[C@@H](C)[C@H]1O[C@]1(C)[C@@H]1C(C)=C[C@@H]2CC(C(=O)OC)=CC[C@H]2[C@@H]1/C=C/C=C/C=C/C(=O)O. The lowest BCUT2D eigenvalue weighted by atomic mass is 9.59. The third kappa shape index (κ3) is 4.98. The van der Waals surface area contributed by atoms with Crippen molar-refractivity contribution in [2.75, 3.05) is 7.11 Å². The smallest absolute Gasteiger partial charge is 0.333 e. The van der Waals surface area contributed by atoms with E-state index in [-0.39, 0.29) is 29.5 Å². The predicted octanol–water partition coefficient (Wildman–Crippen LogP) is 5.26. The number of esters is 1. The van der Waals surface area contributed by atoms with Crippen LogP contribution in [0.1, 0.15) is 47.0 Å². The maximum Gasteiger partial charge on any atom is 0.333 e. The Morgan fingerprint density at radius 3 is 2.69 bits per heavy atom. The zero-order valence-electron chi connectivity index (χ0n) is 19.8. The summed E-state index contributed by atoms with van der Waals surface area (Å²) >= 11 is 0. The van der Waals surface area contributed by atoms with E-state index >= 15 is 0 Å². The van der Waals surface area contributed by atoms with E-state index in [9.17, 15) is 9.59 Å². The van der Waals surface area contributed by atoms with Gasteiger partial charge in [-0.15, -0.1) is 0 Å². The zero-order chi connectivity index (χ0) is 23.5. The molecule has 0 bridgehead atoms. The minimum Gasteiger partial charge on any atom is -0.478 e. The molecule has 32 heavy (non-hydrogen) atoms. The number of carbonyl (C=O) groups is 2. The van der Waals surface area contributed by atoms with E-state index in [1.807, 2.05) is 18.2 Å². The number of hydrogen-bond acceptors (Lipinski definition) is 4. The Kier molecular flexibility index (Phi) is 7.60. The second-order valence-corrected chi connectivity index (χ2v) is 9.53. The number of carboxylic acid groups (broad SMARTS) is 1. The molecule has 7 atom stereocenters. The van der Waals surface area contributed by atoms with Gasteiger partial charge in [-0.25, -0.2) is 9.59 Å². The Balaban J connectivity index is 1.89. The van der Waals surface area contributed by atoms with E-state index < -0.39 is 5.97 Å². The highest BCUT2D eigenvalue weighted by atomic mass is 16.6. The van der Waals surface area contributed by atoms with Crippen molar-refractivity contribution >= 4 is 11.9 Å². The van der Waals surface area contributed by atoms with Crippen LogP contribution in [-0.4, -0.2) is 35.9 Å². The molecule has 1 saturated heterocycles. The van der Waals surface area contributed by atoms with Gasteiger partial charge in [0.05, 0.1) is 18.8 Å². The molecule has 0 unspecified atom stereocenters. The van der Waals surface area contributed by atoms with Gasteiger partial charge in [0.1, 0.15) is 0 Å². The van der Waals surface area contributed by atoms with Gasteiger partial charge in [-0.3, -0.25) is 0 Å². The fraction of sp³-hybridized carbons (Fsp3) is 0.556. The van der Waals surface area contributed by atoms with E-state index in [0.29, 0.717) is 24.2 Å². The summed E-state index contributed by atoms with van der Waals surface area (Å²) in [7, 11) is 1.43. The molecule has 1 N–H and O–H groups in total. The van der Waals surface area contributed by atoms with E-state index in [4.69, 9.17) is 14.6 Å². The molecule has 0 radical (unpaired) electrons. The van der Waals surface area contributed by atoms with Crippen molar-refractivity contribution in [2.45, 2.75) is 58.7 Å². The number of ether oxygens (including phenoxy) is 2. The maximum atomic E-state index is 12.1. The Labute approximate surface area is 191 Å². The van der Waals surface area contributed by atoms with Gasteiger partial charge in [-0.05, 0) is 50.4 Å². The lowest BCUT2D eigenvalue weighted by Gasteiger charge is -2.44. The van der Waals surface area contributed by atoms with Crippen LogP contribution in [0.5, 0.6) is 0 Å². The van der Waals surface area contributed by atoms with Crippen LogP contribution in [0.3, 0.4) is 0 Å². The monoisotopic (exact) mass is 440 g/mol.